The van der Waals surface area contributed by atoms with E-state index in [1.54, 1.807) is 0 Å². The van der Waals surface area contributed by atoms with Crippen LogP contribution in [0.4, 0.5) is 11.4 Å². The molecule has 0 amide bonds. The van der Waals surface area contributed by atoms with Crippen molar-refractivity contribution in [3.05, 3.63) is 23.8 Å². The van der Waals surface area contributed by atoms with Gasteiger partial charge in [-0.25, -0.2) is 0 Å². The molecule has 0 bridgehead atoms. The minimum absolute atomic E-state index is 1.05. The van der Waals surface area contributed by atoms with E-state index in [1.165, 1.54) is 29.8 Å². The summed E-state index contributed by atoms with van der Waals surface area (Å²) in [6.07, 6.45) is 2.45. The van der Waals surface area contributed by atoms with Crippen molar-refractivity contribution in [1.82, 2.24) is 0 Å². The molecule has 0 spiro atoms. The fourth-order valence-corrected chi connectivity index (χ4v) is 1.55. The fourth-order valence-electron chi connectivity index (χ4n) is 1.55. The van der Waals surface area contributed by atoms with Crippen molar-refractivity contribution in [2.75, 3.05) is 24.2 Å². The predicted octanol–water partition coefficient (Wildman–Crippen LogP) is 3.25. The highest BCUT2D eigenvalue weighted by atomic mass is 14.9. The third kappa shape index (κ3) is 2.66. The summed E-state index contributed by atoms with van der Waals surface area (Å²) in [6, 6.07) is 6.33. The summed E-state index contributed by atoms with van der Waals surface area (Å²) < 4.78 is 0. The van der Waals surface area contributed by atoms with Crippen molar-refractivity contribution in [3.63, 3.8) is 0 Å². The Kier molecular flexibility index (Phi) is 4.30. The molecule has 0 saturated heterocycles. The molecule has 0 aliphatic carbocycles. The van der Waals surface area contributed by atoms with E-state index in [9.17, 15) is 0 Å². The maximum absolute atomic E-state index is 3.44. The smallest absolute Gasteiger partial charge is 0.0603 e. The van der Waals surface area contributed by atoms with E-state index >= 15 is 0 Å². The van der Waals surface area contributed by atoms with Crippen molar-refractivity contribution in [1.29, 1.82) is 0 Å². The summed E-state index contributed by atoms with van der Waals surface area (Å²) in [5.41, 5.74) is 3.71. The number of benzene rings is 1. The van der Waals surface area contributed by atoms with Gasteiger partial charge in [-0.15, -0.1) is 0 Å². The van der Waals surface area contributed by atoms with Gasteiger partial charge >= 0.3 is 0 Å². The summed E-state index contributed by atoms with van der Waals surface area (Å²) in [5.74, 6) is 0. The van der Waals surface area contributed by atoms with Crippen LogP contribution in [0.1, 0.15) is 25.3 Å². The molecule has 14 heavy (non-hydrogen) atoms. The van der Waals surface area contributed by atoms with Crippen LogP contribution in [0.5, 0.6) is 0 Å². The fraction of sp³-hybridized carbons (Fsp3) is 0.500. The van der Waals surface area contributed by atoms with E-state index in [1.807, 2.05) is 7.05 Å². The lowest BCUT2D eigenvalue weighted by Crippen LogP contribution is -2.04. The molecule has 1 aromatic rings. The van der Waals surface area contributed by atoms with Gasteiger partial charge in [0, 0.05) is 13.6 Å². The number of para-hydroxylation sites is 1. The van der Waals surface area contributed by atoms with Crippen molar-refractivity contribution < 1.29 is 0 Å². The molecule has 0 fully saturated rings. The zero-order valence-corrected chi connectivity index (χ0v) is 9.35. The van der Waals surface area contributed by atoms with Crippen LogP contribution in [0.15, 0.2) is 18.2 Å². The van der Waals surface area contributed by atoms with Gasteiger partial charge in [0.25, 0.3) is 0 Å². The van der Waals surface area contributed by atoms with Gasteiger partial charge in [0.15, 0.2) is 0 Å². The molecule has 0 radical (unpaired) electrons. The molecule has 0 aromatic heterocycles. The third-order valence-corrected chi connectivity index (χ3v) is 2.37. The van der Waals surface area contributed by atoms with Crippen molar-refractivity contribution in [2.24, 2.45) is 0 Å². The summed E-state index contributed by atoms with van der Waals surface area (Å²) >= 11 is 0. The molecule has 2 N–H and O–H groups in total. The number of unbranched alkanes of at least 4 members (excludes halogenated alkanes) is 1. The second-order valence-corrected chi connectivity index (χ2v) is 3.53. The van der Waals surface area contributed by atoms with Gasteiger partial charge in [-0.2, -0.15) is 0 Å². The van der Waals surface area contributed by atoms with Crippen molar-refractivity contribution in [3.8, 4) is 0 Å². The van der Waals surface area contributed by atoms with Crippen LogP contribution >= 0.6 is 0 Å². The van der Waals surface area contributed by atoms with Crippen LogP contribution in [0, 0.1) is 6.92 Å². The molecule has 0 aliphatic heterocycles. The minimum Gasteiger partial charge on any atom is -0.386 e. The number of hydrogen-bond acceptors (Lipinski definition) is 2. The average Bonchev–Trinajstić information content (AvgIpc) is 2.18. The normalized spacial score (nSPS) is 9.93. The predicted molar refractivity (Wildman–Crippen MR) is 64.1 cm³/mol. The van der Waals surface area contributed by atoms with Crippen molar-refractivity contribution >= 4 is 11.4 Å². The molecule has 0 heterocycles. The molecule has 1 aromatic carbocycles. The maximum Gasteiger partial charge on any atom is 0.0603 e. The monoisotopic (exact) mass is 192 g/mol. The first kappa shape index (κ1) is 10.9. The number of hydrogen-bond donors (Lipinski definition) is 2. The third-order valence-electron chi connectivity index (χ3n) is 2.37. The summed E-state index contributed by atoms with van der Waals surface area (Å²) in [7, 11) is 1.97. The van der Waals surface area contributed by atoms with Crippen LogP contribution in [0.3, 0.4) is 0 Å². The van der Waals surface area contributed by atoms with Gasteiger partial charge in [0.05, 0.1) is 11.4 Å². The first-order valence-corrected chi connectivity index (χ1v) is 5.30. The number of anilines is 2. The molecular formula is C12H20N2. The van der Waals surface area contributed by atoms with Gasteiger partial charge in [0.2, 0.25) is 0 Å². The van der Waals surface area contributed by atoms with Crippen LogP contribution < -0.4 is 10.6 Å². The largest absolute Gasteiger partial charge is 0.386 e. The Hall–Kier alpha value is -1.18. The SMILES string of the molecule is CCCCNc1cccc(C)c1NC. The average molecular weight is 192 g/mol. The van der Waals surface area contributed by atoms with Crippen LogP contribution in [0.25, 0.3) is 0 Å². The highest BCUT2D eigenvalue weighted by molar-refractivity contribution is 5.72. The molecule has 2 nitrogen and oxygen atoms in total. The maximum atomic E-state index is 3.44. The van der Waals surface area contributed by atoms with Crippen LogP contribution in [-0.2, 0) is 0 Å². The van der Waals surface area contributed by atoms with Gasteiger partial charge in [-0.3, -0.25) is 0 Å². The quantitative estimate of drug-likeness (QED) is 0.700. The Balaban J connectivity index is 2.70. The molecule has 0 unspecified atom stereocenters. The van der Waals surface area contributed by atoms with Crippen LogP contribution in [0.2, 0.25) is 0 Å². The van der Waals surface area contributed by atoms with E-state index in [0.717, 1.165) is 6.54 Å². The first-order chi connectivity index (χ1) is 6.79. The molecular weight excluding hydrogens is 172 g/mol. The molecule has 0 saturated carbocycles. The molecule has 2 heteroatoms. The van der Waals surface area contributed by atoms with Gasteiger partial charge < -0.3 is 10.6 Å². The Morgan fingerprint density at radius 2 is 2.07 bits per heavy atom. The Morgan fingerprint density at radius 3 is 2.71 bits per heavy atom. The number of nitrogens with one attached hydrogen (secondary N) is 2. The van der Waals surface area contributed by atoms with Gasteiger partial charge in [-0.1, -0.05) is 25.5 Å². The zero-order chi connectivity index (χ0) is 10.4. The van der Waals surface area contributed by atoms with Crippen molar-refractivity contribution in [2.45, 2.75) is 26.7 Å². The number of aryl methyl sites for hydroxylation is 1. The van der Waals surface area contributed by atoms with Crippen LogP contribution in [-0.4, -0.2) is 13.6 Å². The second-order valence-electron chi connectivity index (χ2n) is 3.53. The molecule has 78 valence electrons. The topological polar surface area (TPSA) is 24.1 Å². The highest BCUT2D eigenvalue weighted by Gasteiger charge is 2.01. The Bertz CT molecular complexity index is 282. The summed E-state index contributed by atoms with van der Waals surface area (Å²) in [4.78, 5) is 0. The van der Waals surface area contributed by atoms with E-state index in [-0.39, 0.29) is 0 Å². The van der Waals surface area contributed by atoms with E-state index in [2.05, 4.69) is 42.7 Å². The van der Waals surface area contributed by atoms with E-state index in [0.29, 0.717) is 0 Å². The number of rotatable bonds is 5. The summed E-state index contributed by atoms with van der Waals surface area (Å²) in [6.45, 7) is 5.38. The Labute approximate surface area is 86.7 Å². The lowest BCUT2D eigenvalue weighted by Gasteiger charge is -2.13. The van der Waals surface area contributed by atoms with Gasteiger partial charge in [0.1, 0.15) is 0 Å². The molecule has 0 atom stereocenters. The Morgan fingerprint density at radius 1 is 1.29 bits per heavy atom. The summed E-state index contributed by atoms with van der Waals surface area (Å²) in [5, 5.41) is 6.67. The molecule has 0 aliphatic rings. The molecule has 1 rings (SSSR count). The lowest BCUT2D eigenvalue weighted by atomic mass is 10.1. The van der Waals surface area contributed by atoms with E-state index < -0.39 is 0 Å². The second kappa shape index (κ2) is 5.53. The zero-order valence-electron chi connectivity index (χ0n) is 9.35. The highest BCUT2D eigenvalue weighted by Crippen LogP contribution is 2.24. The van der Waals surface area contributed by atoms with Gasteiger partial charge in [-0.05, 0) is 25.0 Å². The minimum atomic E-state index is 1.05. The standard InChI is InChI=1S/C12H20N2/c1-4-5-9-14-11-8-6-7-10(2)12(11)13-3/h6-8,13-14H,4-5,9H2,1-3H3. The van der Waals surface area contributed by atoms with E-state index in [4.69, 9.17) is 0 Å². The first-order valence-electron chi connectivity index (χ1n) is 5.30. The lowest BCUT2D eigenvalue weighted by molar-refractivity contribution is 0.834.